The number of rotatable bonds is 1. The van der Waals surface area contributed by atoms with E-state index in [2.05, 4.69) is 16.0 Å². The maximum Gasteiger partial charge on any atom is 0.0732 e. The second kappa shape index (κ2) is 3.43. The molecule has 0 aromatic carbocycles. The summed E-state index contributed by atoms with van der Waals surface area (Å²) in [6, 6.07) is 6.00. The smallest absolute Gasteiger partial charge is 0.0732 e. The minimum atomic E-state index is -0.118. The predicted molar refractivity (Wildman–Crippen MR) is 53.6 cm³/mol. The Kier molecular flexibility index (Phi) is 2.11. The molecule has 1 atom stereocenters. The summed E-state index contributed by atoms with van der Waals surface area (Å²) in [6.07, 6.45) is 5.22. The van der Waals surface area contributed by atoms with Gasteiger partial charge in [0.25, 0.3) is 0 Å². The maximum absolute atomic E-state index is 8.77. The number of pyridine rings is 2. The fourth-order valence-corrected chi connectivity index (χ4v) is 1.30. The molecule has 2 aromatic rings. The Morgan fingerprint density at radius 1 is 1.43 bits per heavy atom. The highest BCUT2D eigenvalue weighted by Crippen LogP contribution is 2.17. The van der Waals surface area contributed by atoms with Crippen molar-refractivity contribution in [3.05, 3.63) is 36.3 Å². The van der Waals surface area contributed by atoms with Crippen LogP contribution in [0.25, 0.3) is 10.9 Å². The first-order chi connectivity index (χ1) is 6.81. The van der Waals surface area contributed by atoms with E-state index in [1.165, 1.54) is 0 Å². The second-order valence-corrected chi connectivity index (χ2v) is 3.19. The van der Waals surface area contributed by atoms with Gasteiger partial charge in [-0.3, -0.25) is 9.97 Å². The first-order valence-electron chi connectivity index (χ1n) is 4.40. The number of hydrogen-bond acceptors (Lipinski definition) is 3. The van der Waals surface area contributed by atoms with Crippen LogP contribution in [0.1, 0.15) is 18.4 Å². The first kappa shape index (κ1) is 8.64. The summed E-state index contributed by atoms with van der Waals surface area (Å²) in [5.41, 5.74) is 1.85. The lowest BCUT2D eigenvalue weighted by Gasteiger charge is -2.03. The molecule has 0 aliphatic carbocycles. The molecule has 0 radical (unpaired) electrons. The molecule has 0 saturated heterocycles. The molecular formula is C11H9N3. The van der Waals surface area contributed by atoms with Crippen molar-refractivity contribution in [1.82, 2.24) is 9.97 Å². The Morgan fingerprint density at radius 2 is 2.29 bits per heavy atom. The van der Waals surface area contributed by atoms with Crippen LogP contribution in [0.3, 0.4) is 0 Å². The molecule has 3 nitrogen and oxygen atoms in total. The van der Waals surface area contributed by atoms with Gasteiger partial charge in [-0.05, 0) is 24.6 Å². The van der Waals surface area contributed by atoms with Gasteiger partial charge in [-0.15, -0.1) is 0 Å². The second-order valence-electron chi connectivity index (χ2n) is 3.19. The zero-order valence-electron chi connectivity index (χ0n) is 7.81. The Labute approximate surface area is 82.0 Å². The van der Waals surface area contributed by atoms with Crippen LogP contribution in [-0.2, 0) is 0 Å². The SMILES string of the molecule is CC(C#N)c1cnc2ccncc2c1. The Morgan fingerprint density at radius 3 is 3.07 bits per heavy atom. The van der Waals surface area contributed by atoms with E-state index in [0.717, 1.165) is 16.5 Å². The van der Waals surface area contributed by atoms with Crippen molar-refractivity contribution in [3.8, 4) is 6.07 Å². The van der Waals surface area contributed by atoms with Crippen LogP contribution in [0.4, 0.5) is 0 Å². The summed E-state index contributed by atoms with van der Waals surface area (Å²) in [4.78, 5) is 8.28. The van der Waals surface area contributed by atoms with Crippen molar-refractivity contribution >= 4 is 10.9 Å². The van der Waals surface area contributed by atoms with Crippen LogP contribution < -0.4 is 0 Å². The number of nitrogens with zero attached hydrogens (tertiary/aromatic N) is 3. The average molecular weight is 183 g/mol. The Balaban J connectivity index is 2.58. The first-order valence-corrected chi connectivity index (χ1v) is 4.40. The molecule has 0 aliphatic heterocycles. The minimum absolute atomic E-state index is 0.118. The average Bonchev–Trinajstić information content (AvgIpc) is 2.27. The quantitative estimate of drug-likeness (QED) is 0.681. The molecule has 0 saturated carbocycles. The van der Waals surface area contributed by atoms with Gasteiger partial charge in [-0.1, -0.05) is 0 Å². The third-order valence-electron chi connectivity index (χ3n) is 2.20. The highest BCUT2D eigenvalue weighted by Gasteiger charge is 2.04. The number of fused-ring (bicyclic) bond motifs is 1. The van der Waals surface area contributed by atoms with Crippen molar-refractivity contribution in [3.63, 3.8) is 0 Å². The van der Waals surface area contributed by atoms with E-state index >= 15 is 0 Å². The monoisotopic (exact) mass is 183 g/mol. The van der Waals surface area contributed by atoms with Gasteiger partial charge in [0.05, 0.1) is 17.5 Å². The van der Waals surface area contributed by atoms with Crippen molar-refractivity contribution in [2.45, 2.75) is 12.8 Å². The standard InChI is InChI=1S/C11H9N3/c1-8(5-12)9-4-10-6-13-3-2-11(10)14-7-9/h2-4,6-8H,1H3. The Hall–Kier alpha value is -1.95. The van der Waals surface area contributed by atoms with Gasteiger partial charge < -0.3 is 0 Å². The topological polar surface area (TPSA) is 49.6 Å². The van der Waals surface area contributed by atoms with E-state index in [0.29, 0.717) is 0 Å². The summed E-state index contributed by atoms with van der Waals surface area (Å²) < 4.78 is 0. The van der Waals surface area contributed by atoms with Gasteiger partial charge in [0, 0.05) is 24.0 Å². The van der Waals surface area contributed by atoms with Crippen LogP contribution in [0, 0.1) is 11.3 Å². The molecule has 1 unspecified atom stereocenters. The van der Waals surface area contributed by atoms with E-state index < -0.39 is 0 Å². The van der Waals surface area contributed by atoms with E-state index in [-0.39, 0.29) is 5.92 Å². The summed E-state index contributed by atoms with van der Waals surface area (Å²) in [6.45, 7) is 1.86. The molecule has 0 fully saturated rings. The summed E-state index contributed by atoms with van der Waals surface area (Å²) in [7, 11) is 0. The number of nitriles is 1. The molecule has 0 spiro atoms. The molecule has 0 amide bonds. The van der Waals surface area contributed by atoms with Gasteiger partial charge in [0.2, 0.25) is 0 Å². The van der Waals surface area contributed by atoms with Crippen molar-refractivity contribution in [2.24, 2.45) is 0 Å². The van der Waals surface area contributed by atoms with Gasteiger partial charge in [0.15, 0.2) is 0 Å². The van der Waals surface area contributed by atoms with Gasteiger partial charge in [-0.25, -0.2) is 0 Å². The molecule has 0 aliphatic rings. The lowest BCUT2D eigenvalue weighted by Crippen LogP contribution is -1.91. The van der Waals surface area contributed by atoms with Crippen LogP contribution in [0.2, 0.25) is 0 Å². The highest BCUT2D eigenvalue weighted by atomic mass is 14.7. The normalized spacial score (nSPS) is 12.3. The fraction of sp³-hybridized carbons (Fsp3) is 0.182. The van der Waals surface area contributed by atoms with E-state index in [4.69, 9.17) is 5.26 Å². The lowest BCUT2D eigenvalue weighted by atomic mass is 10.0. The molecule has 2 aromatic heterocycles. The van der Waals surface area contributed by atoms with Crippen molar-refractivity contribution in [2.75, 3.05) is 0 Å². The van der Waals surface area contributed by atoms with Gasteiger partial charge in [0.1, 0.15) is 0 Å². The predicted octanol–water partition coefficient (Wildman–Crippen LogP) is 2.26. The zero-order valence-corrected chi connectivity index (χ0v) is 7.81. The van der Waals surface area contributed by atoms with E-state index in [1.807, 2.05) is 19.1 Å². The summed E-state index contributed by atoms with van der Waals surface area (Å²) in [5.74, 6) is -0.118. The fourth-order valence-electron chi connectivity index (χ4n) is 1.30. The maximum atomic E-state index is 8.77. The molecular weight excluding hydrogens is 174 g/mol. The molecule has 0 bridgehead atoms. The Bertz CT molecular complexity index is 499. The molecule has 0 N–H and O–H groups in total. The van der Waals surface area contributed by atoms with E-state index in [1.54, 1.807) is 18.6 Å². The number of hydrogen-bond donors (Lipinski definition) is 0. The molecule has 68 valence electrons. The summed E-state index contributed by atoms with van der Waals surface area (Å²) in [5, 5.41) is 9.75. The molecule has 3 heteroatoms. The molecule has 2 rings (SSSR count). The highest BCUT2D eigenvalue weighted by molar-refractivity contribution is 5.77. The lowest BCUT2D eigenvalue weighted by molar-refractivity contribution is 0.973. The van der Waals surface area contributed by atoms with E-state index in [9.17, 15) is 0 Å². The van der Waals surface area contributed by atoms with Crippen LogP contribution >= 0.6 is 0 Å². The van der Waals surface area contributed by atoms with Crippen molar-refractivity contribution in [1.29, 1.82) is 5.26 Å². The van der Waals surface area contributed by atoms with Crippen molar-refractivity contribution < 1.29 is 0 Å². The third kappa shape index (κ3) is 1.42. The van der Waals surface area contributed by atoms with Gasteiger partial charge >= 0.3 is 0 Å². The number of aromatic nitrogens is 2. The molecule has 14 heavy (non-hydrogen) atoms. The third-order valence-corrected chi connectivity index (χ3v) is 2.20. The van der Waals surface area contributed by atoms with Crippen LogP contribution in [0.15, 0.2) is 30.7 Å². The van der Waals surface area contributed by atoms with Gasteiger partial charge in [-0.2, -0.15) is 5.26 Å². The van der Waals surface area contributed by atoms with Crippen LogP contribution in [-0.4, -0.2) is 9.97 Å². The largest absolute Gasteiger partial charge is 0.264 e. The minimum Gasteiger partial charge on any atom is -0.264 e. The summed E-state index contributed by atoms with van der Waals surface area (Å²) >= 11 is 0. The zero-order chi connectivity index (χ0) is 9.97. The van der Waals surface area contributed by atoms with Crippen LogP contribution in [0.5, 0.6) is 0 Å². The molecule has 2 heterocycles.